The number of carbonyl (C=O) groups excluding carboxylic acids is 1. The fourth-order valence-electron chi connectivity index (χ4n) is 4.82. The van der Waals surface area contributed by atoms with E-state index in [0.717, 1.165) is 59.7 Å². The summed E-state index contributed by atoms with van der Waals surface area (Å²) in [5.41, 5.74) is 6.02. The standard InChI is InChI=1S/C27H30N4O/c1-19(2)29-13-11-21(12-14-29)22-5-4-6-25-9-7-24(18-31(25)27(32)15-22)23-8-10-26-28-20(3)16-30(26)17-23/h4-10,15-19,21H,11-14H2,1-3H3/b5-4+,22-15+,25-6+. The van der Waals surface area contributed by atoms with Crippen molar-refractivity contribution in [1.82, 2.24) is 19.2 Å². The quantitative estimate of drug-likeness (QED) is 0.702. The van der Waals surface area contributed by atoms with Crippen LogP contribution >= 0.6 is 0 Å². The average Bonchev–Trinajstić information content (AvgIpc) is 3.16. The monoisotopic (exact) mass is 426 g/mol. The Kier molecular flexibility index (Phi) is 5.43. The molecule has 3 aliphatic rings. The van der Waals surface area contributed by atoms with Gasteiger partial charge in [0.05, 0.1) is 5.69 Å². The Hall–Kier alpha value is -3.18. The van der Waals surface area contributed by atoms with Crippen molar-refractivity contribution in [3.63, 3.8) is 0 Å². The van der Waals surface area contributed by atoms with E-state index in [-0.39, 0.29) is 5.91 Å². The normalized spacial score (nSPS) is 24.4. The van der Waals surface area contributed by atoms with E-state index in [9.17, 15) is 4.79 Å². The first kappa shape index (κ1) is 20.7. The largest absolute Gasteiger partial charge is 0.306 e. The number of likely N-dealkylation sites (tertiary alicyclic amines) is 1. The van der Waals surface area contributed by atoms with E-state index in [1.54, 1.807) is 4.90 Å². The highest BCUT2D eigenvalue weighted by atomic mass is 16.2. The summed E-state index contributed by atoms with van der Waals surface area (Å²) in [4.78, 5) is 22.1. The van der Waals surface area contributed by atoms with Gasteiger partial charge in [0.2, 0.25) is 0 Å². The third-order valence-corrected chi connectivity index (χ3v) is 6.70. The zero-order valence-electron chi connectivity index (χ0n) is 19.0. The van der Waals surface area contributed by atoms with Crippen molar-refractivity contribution in [1.29, 1.82) is 0 Å². The maximum absolute atomic E-state index is 13.3. The van der Waals surface area contributed by atoms with Crippen molar-refractivity contribution < 1.29 is 4.79 Å². The summed E-state index contributed by atoms with van der Waals surface area (Å²) in [7, 11) is 0. The van der Waals surface area contributed by atoms with Gasteiger partial charge in [0, 0.05) is 36.4 Å². The van der Waals surface area contributed by atoms with Crippen molar-refractivity contribution in [3.05, 3.63) is 89.7 Å². The van der Waals surface area contributed by atoms with Crippen LogP contribution in [0.5, 0.6) is 0 Å². The summed E-state index contributed by atoms with van der Waals surface area (Å²) in [6, 6.07) is 4.66. The lowest BCUT2D eigenvalue weighted by Crippen LogP contribution is -2.39. The highest BCUT2D eigenvalue weighted by molar-refractivity contribution is 5.94. The molecule has 0 aliphatic carbocycles. The van der Waals surface area contributed by atoms with E-state index in [4.69, 9.17) is 0 Å². The molecule has 0 bridgehead atoms. The van der Waals surface area contributed by atoms with E-state index in [0.29, 0.717) is 12.0 Å². The molecule has 0 atom stereocenters. The lowest BCUT2D eigenvalue weighted by Gasteiger charge is -2.35. The number of rotatable bonds is 3. The van der Waals surface area contributed by atoms with E-state index in [1.807, 2.05) is 48.0 Å². The maximum Gasteiger partial charge on any atom is 0.255 e. The number of pyridine rings is 1. The molecule has 0 aromatic carbocycles. The molecule has 32 heavy (non-hydrogen) atoms. The number of amides is 1. The molecule has 0 unspecified atom stereocenters. The third kappa shape index (κ3) is 4.00. The van der Waals surface area contributed by atoms with Gasteiger partial charge in [-0.1, -0.05) is 18.2 Å². The SMILES string of the molecule is Cc1cn2cc(C3=CN4C(=O)\C=C(C5CCN(C(C)C)CC5)/C=C/C=C/4C=C3)ccc2n1. The van der Waals surface area contributed by atoms with Crippen molar-refractivity contribution in [2.45, 2.75) is 39.7 Å². The van der Waals surface area contributed by atoms with E-state index >= 15 is 0 Å². The minimum atomic E-state index is 0.0169. The predicted molar refractivity (Wildman–Crippen MR) is 129 cm³/mol. The number of imidazole rings is 1. The van der Waals surface area contributed by atoms with Crippen LogP contribution in [-0.4, -0.2) is 44.2 Å². The summed E-state index contributed by atoms with van der Waals surface area (Å²) in [5.74, 6) is 0.458. The zero-order valence-corrected chi connectivity index (χ0v) is 19.0. The molecule has 3 aliphatic heterocycles. The van der Waals surface area contributed by atoms with Gasteiger partial charge in [-0.15, -0.1) is 0 Å². The van der Waals surface area contributed by atoms with Gasteiger partial charge in [-0.25, -0.2) is 4.98 Å². The molecule has 2 aromatic rings. The van der Waals surface area contributed by atoms with Crippen LogP contribution in [0.3, 0.4) is 0 Å². The van der Waals surface area contributed by atoms with Gasteiger partial charge in [-0.2, -0.15) is 0 Å². The number of hydrogen-bond acceptors (Lipinski definition) is 3. The molecule has 1 saturated heterocycles. The Morgan fingerprint density at radius 2 is 1.88 bits per heavy atom. The van der Waals surface area contributed by atoms with Gasteiger partial charge < -0.3 is 9.30 Å². The van der Waals surface area contributed by atoms with Crippen LogP contribution in [-0.2, 0) is 4.79 Å². The Morgan fingerprint density at radius 3 is 2.66 bits per heavy atom. The minimum Gasteiger partial charge on any atom is -0.306 e. The average molecular weight is 427 g/mol. The second-order valence-electron chi connectivity index (χ2n) is 9.19. The molecule has 5 heteroatoms. The molecule has 0 spiro atoms. The molecule has 0 radical (unpaired) electrons. The predicted octanol–water partition coefficient (Wildman–Crippen LogP) is 4.88. The summed E-state index contributed by atoms with van der Waals surface area (Å²) >= 11 is 0. The number of aryl methyl sites for hydroxylation is 1. The van der Waals surface area contributed by atoms with Crippen LogP contribution in [0.1, 0.15) is 37.9 Å². The van der Waals surface area contributed by atoms with Gasteiger partial charge >= 0.3 is 0 Å². The Balaban J connectivity index is 1.41. The fourth-order valence-corrected chi connectivity index (χ4v) is 4.82. The summed E-state index contributed by atoms with van der Waals surface area (Å²) in [6.45, 7) is 8.69. The van der Waals surface area contributed by atoms with Crippen molar-refractivity contribution in [2.24, 2.45) is 5.92 Å². The molecule has 2 aromatic heterocycles. The first-order valence-electron chi connectivity index (χ1n) is 11.5. The number of fused-ring (bicyclic) bond motifs is 2. The topological polar surface area (TPSA) is 40.9 Å². The molecule has 0 N–H and O–H groups in total. The fraction of sp³-hybridized carbons (Fsp3) is 0.333. The van der Waals surface area contributed by atoms with Crippen molar-refractivity contribution >= 4 is 17.1 Å². The number of allylic oxidation sites excluding steroid dienone is 7. The molecule has 1 fully saturated rings. The van der Waals surface area contributed by atoms with Gasteiger partial charge in [-0.05, 0) is 93.6 Å². The lowest BCUT2D eigenvalue weighted by atomic mass is 9.87. The smallest absolute Gasteiger partial charge is 0.255 e. The third-order valence-electron chi connectivity index (χ3n) is 6.70. The van der Waals surface area contributed by atoms with E-state index < -0.39 is 0 Å². The minimum absolute atomic E-state index is 0.0169. The highest BCUT2D eigenvalue weighted by Crippen LogP contribution is 2.30. The van der Waals surface area contributed by atoms with E-state index in [1.165, 1.54) is 0 Å². The maximum atomic E-state index is 13.3. The van der Waals surface area contributed by atoms with Crippen LogP contribution in [0, 0.1) is 12.8 Å². The van der Waals surface area contributed by atoms with Crippen molar-refractivity contribution in [2.75, 3.05) is 13.1 Å². The number of nitrogens with zero attached hydrogens (tertiary/aromatic N) is 4. The number of hydrogen-bond donors (Lipinski definition) is 0. The number of aromatic nitrogens is 2. The Labute approximate surface area is 189 Å². The van der Waals surface area contributed by atoms with Crippen LogP contribution < -0.4 is 0 Å². The second kappa shape index (κ2) is 8.40. The Bertz CT molecular complexity index is 1200. The van der Waals surface area contributed by atoms with Crippen LogP contribution in [0.4, 0.5) is 0 Å². The number of carbonyl (C=O) groups is 1. The van der Waals surface area contributed by atoms with Crippen LogP contribution in [0.2, 0.25) is 0 Å². The molecule has 0 saturated carbocycles. The van der Waals surface area contributed by atoms with Gasteiger partial charge in [0.1, 0.15) is 5.65 Å². The van der Waals surface area contributed by atoms with Crippen molar-refractivity contribution in [3.8, 4) is 0 Å². The first-order valence-corrected chi connectivity index (χ1v) is 11.5. The summed E-state index contributed by atoms with van der Waals surface area (Å²) in [6.07, 6.45) is 20.4. The summed E-state index contributed by atoms with van der Waals surface area (Å²) < 4.78 is 2.03. The molecule has 5 heterocycles. The highest BCUT2D eigenvalue weighted by Gasteiger charge is 2.25. The molecular formula is C27H30N4O. The van der Waals surface area contributed by atoms with E-state index in [2.05, 4.69) is 54.2 Å². The first-order chi connectivity index (χ1) is 15.5. The number of piperidine rings is 1. The lowest BCUT2D eigenvalue weighted by molar-refractivity contribution is -0.122. The Morgan fingerprint density at radius 1 is 1.06 bits per heavy atom. The van der Waals surface area contributed by atoms with Gasteiger partial charge in [-0.3, -0.25) is 9.69 Å². The molecule has 5 nitrogen and oxygen atoms in total. The zero-order chi connectivity index (χ0) is 22.2. The van der Waals surface area contributed by atoms with Crippen LogP contribution in [0.15, 0.2) is 78.5 Å². The molecule has 1 amide bonds. The van der Waals surface area contributed by atoms with Gasteiger partial charge in [0.15, 0.2) is 0 Å². The molecule has 164 valence electrons. The van der Waals surface area contributed by atoms with Crippen LogP contribution in [0.25, 0.3) is 11.2 Å². The van der Waals surface area contributed by atoms with Gasteiger partial charge in [0.25, 0.3) is 5.91 Å². The molecule has 5 rings (SSSR count). The molecular weight excluding hydrogens is 396 g/mol. The second-order valence-corrected chi connectivity index (χ2v) is 9.19. The summed E-state index contributed by atoms with van der Waals surface area (Å²) in [5, 5.41) is 0.